The van der Waals surface area contributed by atoms with Crippen LogP contribution >= 0.6 is 11.6 Å². The van der Waals surface area contributed by atoms with E-state index in [0.717, 1.165) is 55.7 Å². The quantitative estimate of drug-likeness (QED) is 0.786. The monoisotopic (exact) mass is 390 g/mol. The molecule has 1 aromatic carbocycles. The number of nitrogens with one attached hydrogen (secondary N) is 1. The Bertz CT molecular complexity index is 766. The van der Waals surface area contributed by atoms with Crippen molar-refractivity contribution >= 4 is 11.6 Å². The molecule has 0 radical (unpaired) electrons. The van der Waals surface area contributed by atoms with Gasteiger partial charge in [-0.3, -0.25) is 9.58 Å². The van der Waals surface area contributed by atoms with Crippen molar-refractivity contribution in [3.05, 3.63) is 51.8 Å². The van der Waals surface area contributed by atoms with Crippen LogP contribution in [0.5, 0.6) is 0 Å². The summed E-state index contributed by atoms with van der Waals surface area (Å²) < 4.78 is 7.53. The number of ether oxygens (including phenoxy) is 1. The summed E-state index contributed by atoms with van der Waals surface area (Å²) >= 11 is 6.31. The number of halogens is 1. The zero-order chi connectivity index (χ0) is 19.4. The molecule has 1 fully saturated rings. The molecule has 6 heteroatoms. The zero-order valence-electron chi connectivity index (χ0n) is 16.9. The molecule has 0 unspecified atom stereocenters. The van der Waals surface area contributed by atoms with Crippen LogP contribution in [0.2, 0.25) is 5.02 Å². The van der Waals surface area contributed by atoms with Gasteiger partial charge in [-0.05, 0) is 39.3 Å². The van der Waals surface area contributed by atoms with E-state index in [1.807, 2.05) is 18.2 Å². The number of nitrogens with zero attached hydrogens (tertiary/aromatic N) is 3. The lowest BCUT2D eigenvalue weighted by Gasteiger charge is -2.41. The maximum atomic E-state index is 6.31. The van der Waals surface area contributed by atoms with Crippen molar-refractivity contribution in [3.63, 3.8) is 0 Å². The summed E-state index contributed by atoms with van der Waals surface area (Å²) in [6.45, 7) is 14.9. The van der Waals surface area contributed by atoms with Crippen molar-refractivity contribution in [2.45, 2.75) is 46.3 Å². The minimum Gasteiger partial charge on any atom is -0.379 e. The number of aryl methyl sites for hydroxylation is 1. The second-order valence-corrected chi connectivity index (χ2v) is 8.32. The molecule has 3 rings (SSSR count). The number of rotatable bonds is 7. The Morgan fingerprint density at radius 1 is 1.19 bits per heavy atom. The highest BCUT2D eigenvalue weighted by Gasteiger charge is 2.27. The molecule has 0 bridgehead atoms. The number of hydrogen-bond donors (Lipinski definition) is 1. The van der Waals surface area contributed by atoms with Gasteiger partial charge in [0.25, 0.3) is 0 Å². The van der Waals surface area contributed by atoms with Crippen molar-refractivity contribution in [3.8, 4) is 0 Å². The summed E-state index contributed by atoms with van der Waals surface area (Å²) in [4.78, 5) is 2.50. The highest BCUT2D eigenvalue weighted by molar-refractivity contribution is 6.31. The van der Waals surface area contributed by atoms with E-state index in [2.05, 4.69) is 48.7 Å². The predicted octanol–water partition coefficient (Wildman–Crippen LogP) is 3.40. The van der Waals surface area contributed by atoms with Crippen LogP contribution in [0, 0.1) is 13.8 Å². The molecule has 148 valence electrons. The largest absolute Gasteiger partial charge is 0.379 e. The molecule has 27 heavy (non-hydrogen) atoms. The molecule has 0 atom stereocenters. The van der Waals surface area contributed by atoms with Crippen LogP contribution in [-0.4, -0.2) is 53.1 Å². The van der Waals surface area contributed by atoms with Crippen molar-refractivity contribution in [2.75, 3.05) is 32.8 Å². The van der Waals surface area contributed by atoms with Gasteiger partial charge in [-0.25, -0.2) is 0 Å². The fourth-order valence-corrected chi connectivity index (χ4v) is 3.90. The molecule has 0 aliphatic carbocycles. The molecule has 0 saturated carbocycles. The Hall–Kier alpha value is -1.40. The molecule has 0 spiro atoms. The molecule has 1 aromatic heterocycles. The van der Waals surface area contributed by atoms with Gasteiger partial charge >= 0.3 is 0 Å². The Labute approximate surface area is 167 Å². The molecule has 1 aliphatic heterocycles. The fourth-order valence-electron chi connectivity index (χ4n) is 3.71. The van der Waals surface area contributed by atoms with Crippen LogP contribution in [0.1, 0.15) is 36.4 Å². The van der Waals surface area contributed by atoms with E-state index in [9.17, 15) is 0 Å². The van der Waals surface area contributed by atoms with Crippen molar-refractivity contribution in [1.29, 1.82) is 0 Å². The minimum absolute atomic E-state index is 0.110. The van der Waals surface area contributed by atoms with Gasteiger partial charge in [0.1, 0.15) is 0 Å². The van der Waals surface area contributed by atoms with Crippen molar-refractivity contribution < 1.29 is 4.74 Å². The smallest absolute Gasteiger partial charge is 0.0677 e. The third-order valence-corrected chi connectivity index (χ3v) is 5.90. The lowest BCUT2D eigenvalue weighted by molar-refractivity contribution is -0.00967. The van der Waals surface area contributed by atoms with Crippen LogP contribution in [-0.2, 0) is 17.8 Å². The number of hydrogen-bond acceptors (Lipinski definition) is 4. The van der Waals surface area contributed by atoms with Gasteiger partial charge in [0.15, 0.2) is 0 Å². The summed E-state index contributed by atoms with van der Waals surface area (Å²) in [6, 6.07) is 7.96. The first kappa shape index (κ1) is 20.3. The maximum Gasteiger partial charge on any atom is 0.0677 e. The minimum atomic E-state index is 0.110. The third kappa shape index (κ3) is 4.91. The van der Waals surface area contributed by atoms with Gasteiger partial charge in [-0.2, -0.15) is 5.10 Å². The SMILES string of the molecule is Cc1nn(Cc2ccccc2Cl)c(C)c1CNCC(C)(C)N1CCOCC1. The second-order valence-electron chi connectivity index (χ2n) is 7.91. The molecule has 2 heterocycles. The van der Waals surface area contributed by atoms with E-state index < -0.39 is 0 Å². The Kier molecular flexibility index (Phi) is 6.58. The van der Waals surface area contributed by atoms with Crippen LogP contribution in [0.15, 0.2) is 24.3 Å². The Morgan fingerprint density at radius 2 is 1.89 bits per heavy atom. The first-order valence-corrected chi connectivity index (χ1v) is 10.1. The van der Waals surface area contributed by atoms with Gasteiger partial charge in [0.2, 0.25) is 0 Å². The molecule has 1 saturated heterocycles. The van der Waals surface area contributed by atoms with Gasteiger partial charge < -0.3 is 10.1 Å². The van der Waals surface area contributed by atoms with Crippen LogP contribution in [0.4, 0.5) is 0 Å². The van der Waals surface area contributed by atoms with Crippen molar-refractivity contribution in [2.24, 2.45) is 0 Å². The lowest BCUT2D eigenvalue weighted by atomic mass is 10.0. The normalized spacial score (nSPS) is 16.0. The zero-order valence-corrected chi connectivity index (χ0v) is 17.6. The number of morpholine rings is 1. The predicted molar refractivity (Wildman–Crippen MR) is 110 cm³/mol. The highest BCUT2D eigenvalue weighted by atomic mass is 35.5. The molecule has 5 nitrogen and oxygen atoms in total. The van der Waals surface area contributed by atoms with Crippen LogP contribution < -0.4 is 5.32 Å². The molecule has 0 amide bonds. The van der Waals surface area contributed by atoms with E-state index in [1.54, 1.807) is 0 Å². The number of aromatic nitrogens is 2. The van der Waals surface area contributed by atoms with Gasteiger partial charge in [-0.1, -0.05) is 29.8 Å². The van der Waals surface area contributed by atoms with Gasteiger partial charge in [0, 0.05) is 48.0 Å². The van der Waals surface area contributed by atoms with Crippen molar-refractivity contribution in [1.82, 2.24) is 20.0 Å². The summed E-state index contributed by atoms with van der Waals surface area (Å²) in [6.07, 6.45) is 0. The molecular weight excluding hydrogens is 360 g/mol. The second kappa shape index (κ2) is 8.74. The Balaban J connectivity index is 1.62. The van der Waals surface area contributed by atoms with E-state index in [0.29, 0.717) is 6.54 Å². The van der Waals surface area contributed by atoms with E-state index in [4.69, 9.17) is 21.4 Å². The first-order chi connectivity index (χ1) is 12.9. The van der Waals surface area contributed by atoms with Crippen LogP contribution in [0.3, 0.4) is 0 Å². The molecule has 1 N–H and O–H groups in total. The van der Waals surface area contributed by atoms with Crippen LogP contribution in [0.25, 0.3) is 0 Å². The van der Waals surface area contributed by atoms with E-state index in [-0.39, 0.29) is 5.54 Å². The third-order valence-electron chi connectivity index (χ3n) is 5.54. The lowest BCUT2D eigenvalue weighted by Crippen LogP contribution is -2.54. The average Bonchev–Trinajstić information content (AvgIpc) is 2.92. The maximum absolute atomic E-state index is 6.31. The molecular formula is C21H31ClN4O. The summed E-state index contributed by atoms with van der Waals surface area (Å²) in [5.41, 5.74) is 4.76. The molecule has 2 aromatic rings. The Morgan fingerprint density at radius 3 is 2.59 bits per heavy atom. The van der Waals surface area contributed by atoms with Gasteiger partial charge in [0.05, 0.1) is 25.5 Å². The summed E-state index contributed by atoms with van der Waals surface area (Å²) in [5.74, 6) is 0. The fraction of sp³-hybridized carbons (Fsp3) is 0.571. The number of benzene rings is 1. The average molecular weight is 391 g/mol. The van der Waals surface area contributed by atoms with E-state index in [1.165, 1.54) is 11.3 Å². The highest BCUT2D eigenvalue weighted by Crippen LogP contribution is 2.20. The summed E-state index contributed by atoms with van der Waals surface area (Å²) in [7, 11) is 0. The topological polar surface area (TPSA) is 42.3 Å². The van der Waals surface area contributed by atoms with Gasteiger partial charge in [-0.15, -0.1) is 0 Å². The first-order valence-electron chi connectivity index (χ1n) is 9.68. The molecule has 1 aliphatic rings. The van der Waals surface area contributed by atoms with E-state index >= 15 is 0 Å². The standard InChI is InChI=1S/C21H31ClN4O/c1-16-19(13-23-15-21(3,4)25-9-11-27-12-10-25)17(2)26(24-16)14-18-7-5-6-8-20(18)22/h5-8,23H,9-15H2,1-4H3. The summed E-state index contributed by atoms with van der Waals surface area (Å²) in [5, 5.41) is 9.18.